The Balaban J connectivity index is 2.87. The van der Waals surface area contributed by atoms with Gasteiger partial charge < -0.3 is 19.2 Å². The number of halogens is 1. The molecule has 0 saturated heterocycles. The van der Waals surface area contributed by atoms with Crippen LogP contribution in [0.4, 0.5) is 0 Å². The van der Waals surface area contributed by atoms with Crippen LogP contribution in [0.3, 0.4) is 0 Å². The Morgan fingerprint density at radius 3 is 2.53 bits per heavy atom. The first-order chi connectivity index (χ1) is 9.12. The molecule has 102 valence electrons. The molecule has 19 heavy (non-hydrogen) atoms. The minimum atomic E-state index is -0.196. The standard InChI is InChI=1S/C13H14ClNO4/c1-17-6-7-4-9(16)11-12(15-7)10(18-2)5-8(14)13(11)19-3/h4-5H,6H2,1-3H3,(H,15,16). The molecule has 0 saturated carbocycles. The third kappa shape index (κ3) is 2.39. The molecular weight excluding hydrogens is 270 g/mol. The van der Waals surface area contributed by atoms with Crippen LogP contribution in [-0.4, -0.2) is 26.3 Å². The first-order valence-corrected chi connectivity index (χ1v) is 5.95. The van der Waals surface area contributed by atoms with Crippen molar-refractivity contribution < 1.29 is 14.2 Å². The predicted octanol–water partition coefficient (Wildman–Crippen LogP) is 2.35. The van der Waals surface area contributed by atoms with Gasteiger partial charge in [0, 0.05) is 24.9 Å². The Bertz CT molecular complexity index is 666. The van der Waals surface area contributed by atoms with Crippen molar-refractivity contribution in [2.75, 3.05) is 21.3 Å². The highest BCUT2D eigenvalue weighted by atomic mass is 35.5. The number of aromatic amines is 1. The zero-order valence-electron chi connectivity index (χ0n) is 10.9. The molecule has 0 aliphatic carbocycles. The minimum absolute atomic E-state index is 0.196. The SMILES string of the molecule is COCc1cc(=O)c2c(OC)c(Cl)cc(OC)c2[nH]1. The Morgan fingerprint density at radius 1 is 1.21 bits per heavy atom. The second-order valence-corrected chi connectivity index (χ2v) is 4.34. The summed E-state index contributed by atoms with van der Waals surface area (Å²) in [5.41, 5.74) is 1.00. The number of H-pyrrole nitrogens is 1. The second kappa shape index (κ2) is 5.50. The molecule has 5 nitrogen and oxygen atoms in total. The maximum atomic E-state index is 12.2. The molecular formula is C13H14ClNO4. The summed E-state index contributed by atoms with van der Waals surface area (Å²) in [4.78, 5) is 15.3. The van der Waals surface area contributed by atoms with E-state index in [1.807, 2.05) is 0 Å². The van der Waals surface area contributed by atoms with E-state index in [0.29, 0.717) is 39.7 Å². The zero-order chi connectivity index (χ0) is 14.0. The Morgan fingerprint density at radius 2 is 1.95 bits per heavy atom. The summed E-state index contributed by atoms with van der Waals surface area (Å²) in [6.07, 6.45) is 0. The van der Waals surface area contributed by atoms with Crippen molar-refractivity contribution in [2.24, 2.45) is 0 Å². The van der Waals surface area contributed by atoms with Crippen LogP contribution in [0.15, 0.2) is 16.9 Å². The summed E-state index contributed by atoms with van der Waals surface area (Å²) in [7, 11) is 4.54. The molecule has 6 heteroatoms. The van der Waals surface area contributed by atoms with E-state index < -0.39 is 0 Å². The highest BCUT2D eigenvalue weighted by Gasteiger charge is 2.16. The van der Waals surface area contributed by atoms with Crippen LogP contribution in [0, 0.1) is 0 Å². The van der Waals surface area contributed by atoms with Gasteiger partial charge in [0.25, 0.3) is 0 Å². The molecule has 0 atom stereocenters. The third-order valence-corrected chi connectivity index (χ3v) is 3.04. The lowest BCUT2D eigenvalue weighted by Gasteiger charge is -2.12. The molecule has 1 heterocycles. The number of rotatable bonds is 4. The van der Waals surface area contributed by atoms with Gasteiger partial charge in [-0.1, -0.05) is 11.6 Å². The summed E-state index contributed by atoms with van der Waals surface area (Å²) >= 11 is 6.08. The molecule has 2 aromatic rings. The first-order valence-electron chi connectivity index (χ1n) is 5.57. The fourth-order valence-electron chi connectivity index (χ4n) is 1.99. The quantitative estimate of drug-likeness (QED) is 0.936. The van der Waals surface area contributed by atoms with Crippen LogP contribution in [0.5, 0.6) is 11.5 Å². The topological polar surface area (TPSA) is 60.6 Å². The van der Waals surface area contributed by atoms with Gasteiger partial charge in [0.2, 0.25) is 0 Å². The van der Waals surface area contributed by atoms with E-state index in [4.69, 9.17) is 25.8 Å². The van der Waals surface area contributed by atoms with Crippen molar-refractivity contribution in [1.82, 2.24) is 4.98 Å². The van der Waals surface area contributed by atoms with Gasteiger partial charge in [-0.2, -0.15) is 0 Å². The molecule has 0 unspecified atom stereocenters. The number of methoxy groups -OCH3 is 3. The third-order valence-electron chi connectivity index (χ3n) is 2.76. The number of pyridine rings is 1. The second-order valence-electron chi connectivity index (χ2n) is 3.94. The van der Waals surface area contributed by atoms with E-state index in [1.165, 1.54) is 20.3 Å². The molecule has 1 aromatic heterocycles. The average Bonchev–Trinajstić information content (AvgIpc) is 2.39. The van der Waals surface area contributed by atoms with E-state index in [9.17, 15) is 4.79 Å². The molecule has 0 aliphatic heterocycles. The van der Waals surface area contributed by atoms with Crippen LogP contribution in [-0.2, 0) is 11.3 Å². The maximum Gasteiger partial charge on any atom is 0.193 e. The highest BCUT2D eigenvalue weighted by Crippen LogP contribution is 2.36. The number of fused-ring (bicyclic) bond motifs is 1. The molecule has 0 fully saturated rings. The van der Waals surface area contributed by atoms with Gasteiger partial charge in [0.15, 0.2) is 11.2 Å². The molecule has 0 radical (unpaired) electrons. The molecule has 1 aromatic carbocycles. The van der Waals surface area contributed by atoms with Crippen LogP contribution in [0.2, 0.25) is 5.02 Å². The van der Waals surface area contributed by atoms with Gasteiger partial charge in [-0.3, -0.25) is 4.79 Å². The smallest absolute Gasteiger partial charge is 0.193 e. The fraction of sp³-hybridized carbons (Fsp3) is 0.308. The monoisotopic (exact) mass is 283 g/mol. The normalized spacial score (nSPS) is 10.7. The number of aromatic nitrogens is 1. The van der Waals surface area contributed by atoms with E-state index in [1.54, 1.807) is 13.2 Å². The van der Waals surface area contributed by atoms with Crippen LogP contribution >= 0.6 is 11.6 Å². The average molecular weight is 284 g/mol. The van der Waals surface area contributed by atoms with E-state index in [2.05, 4.69) is 4.98 Å². The van der Waals surface area contributed by atoms with E-state index in [0.717, 1.165) is 0 Å². The fourth-order valence-corrected chi connectivity index (χ4v) is 2.26. The Hall–Kier alpha value is -1.72. The Kier molecular flexibility index (Phi) is 3.97. The summed E-state index contributed by atoms with van der Waals surface area (Å²) in [5.74, 6) is 0.818. The van der Waals surface area contributed by atoms with Crippen molar-refractivity contribution >= 4 is 22.5 Å². The molecule has 2 rings (SSSR count). The molecule has 0 aliphatic rings. The van der Waals surface area contributed by atoms with Crippen molar-refractivity contribution in [3.8, 4) is 11.5 Å². The van der Waals surface area contributed by atoms with Crippen molar-refractivity contribution in [1.29, 1.82) is 0 Å². The lowest BCUT2D eigenvalue weighted by atomic mass is 10.1. The minimum Gasteiger partial charge on any atom is -0.494 e. The number of ether oxygens (including phenoxy) is 3. The first kappa shape index (κ1) is 13.7. The Labute approximate surface area is 115 Å². The zero-order valence-corrected chi connectivity index (χ0v) is 11.6. The van der Waals surface area contributed by atoms with Crippen molar-refractivity contribution in [3.63, 3.8) is 0 Å². The highest BCUT2D eigenvalue weighted by molar-refractivity contribution is 6.33. The predicted molar refractivity (Wildman–Crippen MR) is 73.4 cm³/mol. The van der Waals surface area contributed by atoms with Crippen molar-refractivity contribution in [2.45, 2.75) is 6.61 Å². The lowest BCUT2D eigenvalue weighted by Crippen LogP contribution is -2.08. The van der Waals surface area contributed by atoms with Gasteiger partial charge in [-0.15, -0.1) is 0 Å². The summed E-state index contributed by atoms with van der Waals surface area (Å²) in [6.45, 7) is 0.305. The van der Waals surface area contributed by atoms with Gasteiger partial charge in [0.05, 0.1) is 36.8 Å². The molecule has 1 N–H and O–H groups in total. The van der Waals surface area contributed by atoms with Crippen LogP contribution in [0.25, 0.3) is 10.9 Å². The van der Waals surface area contributed by atoms with Gasteiger partial charge in [0.1, 0.15) is 5.75 Å². The molecule has 0 spiro atoms. The molecule has 0 amide bonds. The van der Waals surface area contributed by atoms with Gasteiger partial charge in [-0.25, -0.2) is 0 Å². The van der Waals surface area contributed by atoms with Crippen LogP contribution in [0.1, 0.15) is 5.69 Å². The van der Waals surface area contributed by atoms with Gasteiger partial charge >= 0.3 is 0 Å². The number of benzene rings is 1. The van der Waals surface area contributed by atoms with E-state index in [-0.39, 0.29) is 5.43 Å². The summed E-state index contributed by atoms with van der Waals surface area (Å²) in [6, 6.07) is 3.07. The summed E-state index contributed by atoms with van der Waals surface area (Å²) in [5, 5.41) is 0.698. The van der Waals surface area contributed by atoms with Gasteiger partial charge in [-0.05, 0) is 0 Å². The number of hydrogen-bond donors (Lipinski definition) is 1. The van der Waals surface area contributed by atoms with Crippen molar-refractivity contribution in [3.05, 3.63) is 33.1 Å². The lowest BCUT2D eigenvalue weighted by molar-refractivity contribution is 0.181. The van der Waals surface area contributed by atoms with E-state index >= 15 is 0 Å². The molecule has 0 bridgehead atoms. The maximum absolute atomic E-state index is 12.2. The number of nitrogens with one attached hydrogen (secondary N) is 1. The number of hydrogen-bond acceptors (Lipinski definition) is 4. The van der Waals surface area contributed by atoms with Crippen LogP contribution < -0.4 is 14.9 Å². The summed E-state index contributed by atoms with van der Waals surface area (Å²) < 4.78 is 15.5. The largest absolute Gasteiger partial charge is 0.494 e.